The van der Waals surface area contributed by atoms with Gasteiger partial charge < -0.3 is 10.7 Å². The number of nitrogens with zero attached hydrogens (tertiary/aromatic N) is 3. The lowest BCUT2D eigenvalue weighted by molar-refractivity contribution is 1.14. The molecule has 0 spiro atoms. The van der Waals surface area contributed by atoms with Crippen molar-refractivity contribution in [2.24, 2.45) is 5.84 Å². The predicted octanol–water partition coefficient (Wildman–Crippen LogP) is 2.05. The van der Waals surface area contributed by atoms with E-state index in [2.05, 4.69) is 25.7 Å². The number of nitrogen functional groups attached to an aromatic ring is 1. The molecule has 0 radical (unpaired) electrons. The van der Waals surface area contributed by atoms with Crippen molar-refractivity contribution in [3.05, 3.63) is 48.9 Å². The summed E-state index contributed by atoms with van der Waals surface area (Å²) in [7, 11) is 0. The Hall–Kier alpha value is -2.73. The number of para-hydroxylation sites is 1. The van der Waals surface area contributed by atoms with Gasteiger partial charge in [-0.05, 0) is 12.1 Å². The number of hydrogen-bond donors (Lipinski definition) is 3. The third-order valence-corrected chi connectivity index (χ3v) is 2.71. The Balaban J connectivity index is 2.01. The van der Waals surface area contributed by atoms with Crippen molar-refractivity contribution in [2.45, 2.75) is 0 Å². The van der Waals surface area contributed by atoms with Gasteiger partial charge in [0.25, 0.3) is 0 Å². The number of hydrazine groups is 1. The summed E-state index contributed by atoms with van der Waals surface area (Å²) in [4.78, 5) is 12.5. The van der Waals surface area contributed by atoms with Crippen molar-refractivity contribution < 1.29 is 0 Å². The number of pyridine rings is 1. The monoisotopic (exact) mass is 252 g/mol. The van der Waals surface area contributed by atoms with E-state index in [0.29, 0.717) is 11.6 Å². The van der Waals surface area contributed by atoms with Gasteiger partial charge in [-0.1, -0.05) is 18.2 Å². The first-order valence-corrected chi connectivity index (χ1v) is 5.76. The number of nitrogens with two attached hydrogens (primary N) is 1. The molecule has 1 aromatic carbocycles. The molecule has 0 saturated carbocycles. The van der Waals surface area contributed by atoms with E-state index in [9.17, 15) is 0 Å². The van der Waals surface area contributed by atoms with Crippen LogP contribution in [0, 0.1) is 0 Å². The van der Waals surface area contributed by atoms with E-state index in [4.69, 9.17) is 5.84 Å². The molecule has 0 aliphatic rings. The van der Waals surface area contributed by atoms with Crippen molar-refractivity contribution in [2.75, 3.05) is 10.7 Å². The number of hydrogen-bond acceptors (Lipinski definition) is 6. The largest absolute Gasteiger partial charge is 0.338 e. The lowest BCUT2D eigenvalue weighted by Gasteiger charge is -2.08. The summed E-state index contributed by atoms with van der Waals surface area (Å²) in [5.41, 5.74) is 4.27. The Kier molecular flexibility index (Phi) is 2.91. The molecule has 0 saturated heterocycles. The zero-order valence-corrected chi connectivity index (χ0v) is 10.0. The van der Waals surface area contributed by atoms with Crippen molar-refractivity contribution in [3.63, 3.8) is 0 Å². The smallest absolute Gasteiger partial charge is 0.145 e. The van der Waals surface area contributed by atoms with Crippen LogP contribution >= 0.6 is 0 Å². The molecule has 6 nitrogen and oxygen atoms in total. The summed E-state index contributed by atoms with van der Waals surface area (Å²) < 4.78 is 0. The Labute approximate surface area is 109 Å². The Morgan fingerprint density at radius 3 is 2.68 bits per heavy atom. The standard InChI is InChI=1S/C13H12N6/c14-19-12-7-11(16-8-17-12)18-10-5-1-3-9-4-2-6-15-13(9)10/h1-8H,14H2,(H2,16,17,18,19). The van der Waals surface area contributed by atoms with Crippen LogP contribution in [0.25, 0.3) is 10.9 Å². The fourth-order valence-electron chi connectivity index (χ4n) is 1.85. The molecule has 0 bridgehead atoms. The SMILES string of the molecule is NNc1cc(Nc2cccc3cccnc23)ncn1. The van der Waals surface area contributed by atoms with Gasteiger partial charge in [0.2, 0.25) is 0 Å². The second-order valence-corrected chi connectivity index (χ2v) is 3.94. The van der Waals surface area contributed by atoms with Crippen LogP contribution in [0.2, 0.25) is 0 Å². The molecule has 2 aromatic heterocycles. The van der Waals surface area contributed by atoms with Crippen molar-refractivity contribution in [1.82, 2.24) is 15.0 Å². The first kappa shape index (κ1) is 11.4. The summed E-state index contributed by atoms with van der Waals surface area (Å²) in [6.07, 6.45) is 3.20. The molecule has 94 valence electrons. The quantitative estimate of drug-likeness (QED) is 0.488. The molecule has 0 atom stereocenters. The van der Waals surface area contributed by atoms with Crippen LogP contribution in [0.1, 0.15) is 0 Å². The number of aromatic nitrogens is 3. The summed E-state index contributed by atoms with van der Waals surface area (Å²) in [5.74, 6) is 6.52. The van der Waals surface area contributed by atoms with E-state index in [-0.39, 0.29) is 0 Å². The van der Waals surface area contributed by atoms with E-state index < -0.39 is 0 Å². The summed E-state index contributed by atoms with van der Waals surface area (Å²) in [5, 5.41) is 4.28. The van der Waals surface area contributed by atoms with Gasteiger partial charge in [0, 0.05) is 17.6 Å². The topological polar surface area (TPSA) is 88.8 Å². The summed E-state index contributed by atoms with van der Waals surface area (Å²) in [6, 6.07) is 11.6. The van der Waals surface area contributed by atoms with Crippen molar-refractivity contribution in [1.29, 1.82) is 0 Å². The molecular weight excluding hydrogens is 240 g/mol. The Morgan fingerprint density at radius 1 is 0.947 bits per heavy atom. The zero-order chi connectivity index (χ0) is 13.1. The predicted molar refractivity (Wildman–Crippen MR) is 74.9 cm³/mol. The van der Waals surface area contributed by atoms with E-state index in [1.54, 1.807) is 12.3 Å². The maximum absolute atomic E-state index is 5.32. The molecule has 6 heteroatoms. The van der Waals surface area contributed by atoms with E-state index in [1.165, 1.54) is 6.33 Å². The average Bonchev–Trinajstić information content (AvgIpc) is 2.48. The molecule has 2 heterocycles. The van der Waals surface area contributed by atoms with Gasteiger partial charge in [-0.2, -0.15) is 0 Å². The van der Waals surface area contributed by atoms with Gasteiger partial charge in [-0.15, -0.1) is 0 Å². The first-order valence-electron chi connectivity index (χ1n) is 5.76. The molecule has 4 N–H and O–H groups in total. The highest BCUT2D eigenvalue weighted by Crippen LogP contribution is 2.23. The van der Waals surface area contributed by atoms with Crippen molar-refractivity contribution in [3.8, 4) is 0 Å². The van der Waals surface area contributed by atoms with Gasteiger partial charge in [0.05, 0.1) is 11.2 Å². The van der Waals surface area contributed by atoms with E-state index >= 15 is 0 Å². The molecule has 19 heavy (non-hydrogen) atoms. The lowest BCUT2D eigenvalue weighted by atomic mass is 10.2. The third kappa shape index (κ3) is 2.29. The number of rotatable bonds is 3. The van der Waals surface area contributed by atoms with Crippen LogP contribution < -0.4 is 16.6 Å². The van der Waals surface area contributed by atoms with Crippen LogP contribution in [-0.2, 0) is 0 Å². The lowest BCUT2D eigenvalue weighted by Crippen LogP contribution is -2.09. The molecular formula is C13H12N6. The highest BCUT2D eigenvalue weighted by atomic mass is 15.3. The highest BCUT2D eigenvalue weighted by molar-refractivity contribution is 5.91. The summed E-state index contributed by atoms with van der Waals surface area (Å²) >= 11 is 0. The maximum atomic E-state index is 5.32. The third-order valence-electron chi connectivity index (χ3n) is 2.71. The first-order chi connectivity index (χ1) is 9.36. The van der Waals surface area contributed by atoms with Crippen LogP contribution in [0.5, 0.6) is 0 Å². The Morgan fingerprint density at radius 2 is 1.79 bits per heavy atom. The maximum Gasteiger partial charge on any atom is 0.145 e. The fourth-order valence-corrected chi connectivity index (χ4v) is 1.85. The molecule has 0 aliphatic carbocycles. The van der Waals surface area contributed by atoms with Gasteiger partial charge in [0.15, 0.2) is 0 Å². The van der Waals surface area contributed by atoms with Crippen molar-refractivity contribution >= 4 is 28.2 Å². The molecule has 0 aliphatic heterocycles. The van der Waals surface area contributed by atoms with Gasteiger partial charge in [-0.3, -0.25) is 4.98 Å². The van der Waals surface area contributed by atoms with Crippen LogP contribution in [-0.4, -0.2) is 15.0 Å². The summed E-state index contributed by atoms with van der Waals surface area (Å²) in [6.45, 7) is 0. The van der Waals surface area contributed by atoms with Gasteiger partial charge >= 0.3 is 0 Å². The number of anilines is 3. The van der Waals surface area contributed by atoms with E-state index in [1.807, 2.05) is 30.3 Å². The number of benzene rings is 1. The minimum Gasteiger partial charge on any atom is -0.338 e. The van der Waals surface area contributed by atoms with Crippen LogP contribution in [0.3, 0.4) is 0 Å². The average molecular weight is 252 g/mol. The molecule has 0 amide bonds. The molecule has 0 unspecified atom stereocenters. The second kappa shape index (κ2) is 4.87. The number of nitrogens with one attached hydrogen (secondary N) is 2. The second-order valence-electron chi connectivity index (χ2n) is 3.94. The molecule has 3 aromatic rings. The molecule has 0 fully saturated rings. The zero-order valence-electron chi connectivity index (χ0n) is 10.0. The highest BCUT2D eigenvalue weighted by Gasteiger charge is 2.03. The fraction of sp³-hybridized carbons (Fsp3) is 0. The van der Waals surface area contributed by atoms with Crippen LogP contribution in [0.15, 0.2) is 48.9 Å². The molecule has 3 rings (SSSR count). The Bertz CT molecular complexity index is 707. The van der Waals surface area contributed by atoms with Crippen LogP contribution in [0.4, 0.5) is 17.3 Å². The van der Waals surface area contributed by atoms with Gasteiger partial charge in [0.1, 0.15) is 18.0 Å². The number of fused-ring (bicyclic) bond motifs is 1. The normalized spacial score (nSPS) is 10.4. The van der Waals surface area contributed by atoms with E-state index in [0.717, 1.165) is 16.6 Å². The van der Waals surface area contributed by atoms with Gasteiger partial charge in [-0.25, -0.2) is 15.8 Å². The minimum absolute atomic E-state index is 0.547. The minimum atomic E-state index is 0.547.